The molecule has 0 aromatic heterocycles. The van der Waals surface area contributed by atoms with E-state index in [1.54, 1.807) is 37.3 Å². The van der Waals surface area contributed by atoms with Gasteiger partial charge in [-0.05, 0) is 42.3 Å². The molecule has 18 heavy (non-hydrogen) atoms. The van der Waals surface area contributed by atoms with Gasteiger partial charge in [0.2, 0.25) is 0 Å². The number of halogens is 3. The summed E-state index contributed by atoms with van der Waals surface area (Å²) in [6, 6.07) is 9.71. The van der Waals surface area contributed by atoms with Crippen molar-refractivity contribution in [3.05, 3.63) is 68.4 Å². The Kier molecular flexibility index (Phi) is 4.05. The molecule has 0 heterocycles. The van der Waals surface area contributed by atoms with Gasteiger partial charge in [0.05, 0.1) is 0 Å². The number of aliphatic hydroxyl groups is 1. The summed E-state index contributed by atoms with van der Waals surface area (Å²) in [5, 5.41) is 10.8. The summed E-state index contributed by atoms with van der Waals surface area (Å²) in [5.41, 5.74) is 1.60. The maximum Gasteiger partial charge on any atom is 0.129 e. The van der Waals surface area contributed by atoms with E-state index in [0.29, 0.717) is 10.6 Å². The average molecular weight is 330 g/mol. The van der Waals surface area contributed by atoms with Crippen LogP contribution in [0.25, 0.3) is 0 Å². The fourth-order valence-corrected chi connectivity index (χ4v) is 2.37. The fourth-order valence-electron chi connectivity index (χ4n) is 1.81. The van der Waals surface area contributed by atoms with E-state index in [4.69, 9.17) is 11.6 Å². The minimum absolute atomic E-state index is 0.231. The largest absolute Gasteiger partial charge is 0.384 e. The van der Waals surface area contributed by atoms with Crippen molar-refractivity contribution >= 4 is 27.5 Å². The molecule has 0 saturated heterocycles. The van der Waals surface area contributed by atoms with E-state index < -0.39 is 11.9 Å². The van der Waals surface area contributed by atoms with Crippen LogP contribution in [0.2, 0.25) is 5.02 Å². The second-order valence-corrected chi connectivity index (χ2v) is 5.35. The van der Waals surface area contributed by atoms with Crippen molar-refractivity contribution in [3.8, 4) is 0 Å². The van der Waals surface area contributed by atoms with Gasteiger partial charge in [-0.3, -0.25) is 0 Å². The fraction of sp³-hybridized carbons (Fsp3) is 0.143. The summed E-state index contributed by atoms with van der Waals surface area (Å²) in [5.74, 6) is -0.440. The van der Waals surface area contributed by atoms with Gasteiger partial charge in [-0.15, -0.1) is 0 Å². The molecule has 0 radical (unpaired) electrons. The van der Waals surface area contributed by atoms with Crippen molar-refractivity contribution in [1.82, 2.24) is 0 Å². The molecule has 1 unspecified atom stereocenters. The van der Waals surface area contributed by atoms with Crippen LogP contribution in [-0.4, -0.2) is 5.11 Å². The first-order valence-corrected chi connectivity index (χ1v) is 6.56. The second kappa shape index (κ2) is 5.39. The van der Waals surface area contributed by atoms with Crippen LogP contribution in [0.4, 0.5) is 4.39 Å². The first kappa shape index (κ1) is 13.5. The Morgan fingerprint density at radius 2 is 1.94 bits per heavy atom. The van der Waals surface area contributed by atoms with Gasteiger partial charge < -0.3 is 5.11 Å². The Balaban J connectivity index is 2.51. The minimum Gasteiger partial charge on any atom is -0.384 e. The molecule has 0 bridgehead atoms. The topological polar surface area (TPSA) is 20.2 Å². The lowest BCUT2D eigenvalue weighted by Gasteiger charge is -2.16. The lowest BCUT2D eigenvalue weighted by Crippen LogP contribution is -2.04. The highest BCUT2D eigenvalue weighted by Crippen LogP contribution is 2.31. The van der Waals surface area contributed by atoms with Crippen LogP contribution in [0.1, 0.15) is 22.8 Å². The molecule has 0 aliphatic rings. The highest BCUT2D eigenvalue weighted by atomic mass is 79.9. The zero-order valence-corrected chi connectivity index (χ0v) is 12.0. The molecule has 0 aliphatic carbocycles. The van der Waals surface area contributed by atoms with Gasteiger partial charge >= 0.3 is 0 Å². The van der Waals surface area contributed by atoms with Gasteiger partial charge in [-0.1, -0.05) is 39.7 Å². The Hall–Kier alpha value is -0.900. The van der Waals surface area contributed by atoms with Gasteiger partial charge in [0.25, 0.3) is 0 Å². The van der Waals surface area contributed by atoms with Gasteiger partial charge in [-0.2, -0.15) is 0 Å². The summed E-state index contributed by atoms with van der Waals surface area (Å²) in [6.07, 6.45) is -1.03. The van der Waals surface area contributed by atoms with Crippen molar-refractivity contribution in [3.63, 3.8) is 0 Å². The van der Waals surface area contributed by atoms with E-state index in [1.807, 2.05) is 0 Å². The molecule has 1 N–H and O–H groups in total. The third-order valence-electron chi connectivity index (χ3n) is 2.86. The molecule has 0 saturated carbocycles. The van der Waals surface area contributed by atoms with E-state index in [2.05, 4.69) is 15.9 Å². The first-order valence-electron chi connectivity index (χ1n) is 5.38. The number of hydrogen-bond donors (Lipinski definition) is 1. The standard InChI is InChI=1S/C14H11BrClFO/c1-8-10(3-2-4-12(8)16)14(18)11-7-9(15)5-6-13(11)17/h2-7,14,18H,1H3. The van der Waals surface area contributed by atoms with Gasteiger partial charge in [-0.25, -0.2) is 4.39 Å². The molecule has 0 aliphatic heterocycles. The summed E-state index contributed by atoms with van der Waals surface area (Å²) in [4.78, 5) is 0. The Morgan fingerprint density at radius 3 is 2.67 bits per heavy atom. The molecular formula is C14H11BrClFO. The number of rotatable bonds is 2. The highest BCUT2D eigenvalue weighted by molar-refractivity contribution is 9.10. The third kappa shape index (κ3) is 2.58. The van der Waals surface area contributed by atoms with Crippen molar-refractivity contribution in [2.45, 2.75) is 13.0 Å². The molecule has 2 aromatic carbocycles. The van der Waals surface area contributed by atoms with Crippen molar-refractivity contribution < 1.29 is 9.50 Å². The van der Waals surface area contributed by atoms with E-state index in [1.165, 1.54) is 6.07 Å². The highest BCUT2D eigenvalue weighted by Gasteiger charge is 2.18. The average Bonchev–Trinajstić information content (AvgIpc) is 2.35. The number of aliphatic hydroxyl groups excluding tert-OH is 1. The molecule has 1 atom stereocenters. The van der Waals surface area contributed by atoms with Gasteiger partial charge in [0.1, 0.15) is 11.9 Å². The number of benzene rings is 2. The van der Waals surface area contributed by atoms with Gasteiger partial charge in [0.15, 0.2) is 0 Å². The Bertz CT molecular complexity index is 584. The predicted octanol–water partition coefficient (Wildman–Crippen LogP) is 4.63. The van der Waals surface area contributed by atoms with E-state index in [0.717, 1.165) is 10.0 Å². The van der Waals surface area contributed by atoms with Crippen LogP contribution in [0.15, 0.2) is 40.9 Å². The second-order valence-electron chi connectivity index (χ2n) is 4.02. The monoisotopic (exact) mass is 328 g/mol. The first-order chi connectivity index (χ1) is 8.50. The van der Waals surface area contributed by atoms with Crippen LogP contribution in [0.5, 0.6) is 0 Å². The molecule has 4 heteroatoms. The summed E-state index contributed by atoms with van der Waals surface area (Å²) in [7, 11) is 0. The molecule has 2 rings (SSSR count). The molecular weight excluding hydrogens is 319 g/mol. The van der Waals surface area contributed by atoms with Crippen LogP contribution in [0, 0.1) is 12.7 Å². The Labute approximate surface area is 118 Å². The maximum absolute atomic E-state index is 13.7. The van der Waals surface area contributed by atoms with Crippen LogP contribution in [0.3, 0.4) is 0 Å². The normalized spacial score (nSPS) is 12.5. The summed E-state index contributed by atoms with van der Waals surface area (Å²) in [6.45, 7) is 1.80. The van der Waals surface area contributed by atoms with Crippen molar-refractivity contribution in [2.75, 3.05) is 0 Å². The molecule has 2 aromatic rings. The van der Waals surface area contributed by atoms with Crippen LogP contribution >= 0.6 is 27.5 Å². The molecule has 0 spiro atoms. The number of hydrogen-bond acceptors (Lipinski definition) is 1. The maximum atomic E-state index is 13.7. The molecule has 1 nitrogen and oxygen atoms in total. The van der Waals surface area contributed by atoms with Crippen LogP contribution in [-0.2, 0) is 0 Å². The third-order valence-corrected chi connectivity index (χ3v) is 3.76. The van der Waals surface area contributed by atoms with Crippen LogP contribution < -0.4 is 0 Å². The SMILES string of the molecule is Cc1c(Cl)cccc1C(O)c1cc(Br)ccc1F. The molecule has 0 amide bonds. The minimum atomic E-state index is -1.03. The summed E-state index contributed by atoms with van der Waals surface area (Å²) < 4.78 is 14.4. The zero-order valence-electron chi connectivity index (χ0n) is 9.62. The van der Waals surface area contributed by atoms with E-state index in [-0.39, 0.29) is 5.56 Å². The summed E-state index contributed by atoms with van der Waals surface area (Å²) >= 11 is 9.27. The van der Waals surface area contributed by atoms with E-state index in [9.17, 15) is 9.50 Å². The smallest absolute Gasteiger partial charge is 0.129 e. The van der Waals surface area contributed by atoms with Crippen molar-refractivity contribution in [2.24, 2.45) is 0 Å². The molecule has 0 fully saturated rings. The Morgan fingerprint density at radius 1 is 1.22 bits per heavy atom. The molecule has 94 valence electrons. The zero-order chi connectivity index (χ0) is 13.3. The quantitative estimate of drug-likeness (QED) is 0.851. The lowest BCUT2D eigenvalue weighted by molar-refractivity contribution is 0.214. The van der Waals surface area contributed by atoms with E-state index >= 15 is 0 Å². The predicted molar refractivity (Wildman–Crippen MR) is 74.4 cm³/mol. The van der Waals surface area contributed by atoms with Gasteiger partial charge in [0, 0.05) is 15.1 Å². The lowest BCUT2D eigenvalue weighted by atomic mass is 9.97. The van der Waals surface area contributed by atoms with Crippen molar-refractivity contribution in [1.29, 1.82) is 0 Å².